The van der Waals surface area contributed by atoms with Gasteiger partial charge in [-0.1, -0.05) is 84.4 Å². The SMILES string of the molecule is CC(C)NC(=O)[C@@H](Cc1ccccc1)N(Cc1ccc(Cl)cc1)C(=O)CSCc1ccccc1. The van der Waals surface area contributed by atoms with Gasteiger partial charge in [0.1, 0.15) is 6.04 Å². The van der Waals surface area contributed by atoms with Crippen molar-refractivity contribution in [3.8, 4) is 0 Å². The summed E-state index contributed by atoms with van der Waals surface area (Å²) in [6, 6.07) is 26.7. The number of nitrogens with zero attached hydrogens (tertiary/aromatic N) is 1. The second kappa shape index (κ2) is 13.2. The van der Waals surface area contributed by atoms with Crippen molar-refractivity contribution in [2.45, 2.75) is 44.6 Å². The molecule has 0 bridgehead atoms. The summed E-state index contributed by atoms with van der Waals surface area (Å²) in [4.78, 5) is 28.6. The van der Waals surface area contributed by atoms with E-state index in [0.29, 0.717) is 23.7 Å². The van der Waals surface area contributed by atoms with Crippen LogP contribution in [0.2, 0.25) is 5.02 Å². The highest BCUT2D eigenvalue weighted by Crippen LogP contribution is 2.19. The molecule has 1 N–H and O–H groups in total. The van der Waals surface area contributed by atoms with Crippen LogP contribution in [-0.4, -0.2) is 34.6 Å². The van der Waals surface area contributed by atoms with Crippen molar-refractivity contribution >= 4 is 35.2 Å². The van der Waals surface area contributed by atoms with Gasteiger partial charge in [-0.25, -0.2) is 0 Å². The van der Waals surface area contributed by atoms with Crippen molar-refractivity contribution in [1.29, 1.82) is 0 Å². The molecule has 3 rings (SSSR count). The maximum atomic E-state index is 13.5. The van der Waals surface area contributed by atoms with Gasteiger partial charge in [0.2, 0.25) is 11.8 Å². The van der Waals surface area contributed by atoms with E-state index in [1.54, 1.807) is 16.7 Å². The summed E-state index contributed by atoms with van der Waals surface area (Å²) in [6.07, 6.45) is 0.447. The molecule has 0 aromatic heterocycles. The van der Waals surface area contributed by atoms with Gasteiger partial charge in [-0.05, 0) is 42.7 Å². The van der Waals surface area contributed by atoms with E-state index in [0.717, 1.165) is 16.9 Å². The first-order chi connectivity index (χ1) is 16.4. The highest BCUT2D eigenvalue weighted by molar-refractivity contribution is 7.99. The molecule has 0 saturated heterocycles. The van der Waals surface area contributed by atoms with Crippen LogP contribution in [0.3, 0.4) is 0 Å². The standard InChI is InChI=1S/C28H31ClN2O2S/c1-21(2)30-28(33)26(17-22-9-5-3-6-10-22)31(18-23-13-15-25(29)16-14-23)27(32)20-34-19-24-11-7-4-8-12-24/h3-16,21,26H,17-20H2,1-2H3,(H,30,33)/t26-/m1/s1. The molecular formula is C28H31ClN2O2S. The smallest absolute Gasteiger partial charge is 0.243 e. The molecular weight excluding hydrogens is 464 g/mol. The molecule has 0 fully saturated rings. The Kier molecular flexibility index (Phi) is 10.0. The normalized spacial score (nSPS) is 11.8. The molecule has 0 unspecified atom stereocenters. The monoisotopic (exact) mass is 494 g/mol. The first-order valence-electron chi connectivity index (χ1n) is 11.4. The number of thioether (sulfide) groups is 1. The Hall–Kier alpha value is -2.76. The van der Waals surface area contributed by atoms with Crippen LogP contribution in [-0.2, 0) is 28.3 Å². The van der Waals surface area contributed by atoms with Gasteiger partial charge in [-0.2, -0.15) is 0 Å². The van der Waals surface area contributed by atoms with Crippen molar-refractivity contribution in [3.05, 3.63) is 107 Å². The van der Waals surface area contributed by atoms with Crippen molar-refractivity contribution in [2.75, 3.05) is 5.75 Å². The maximum absolute atomic E-state index is 13.5. The van der Waals surface area contributed by atoms with E-state index >= 15 is 0 Å². The molecule has 1 atom stereocenters. The molecule has 0 saturated carbocycles. The predicted molar refractivity (Wildman–Crippen MR) is 142 cm³/mol. The fourth-order valence-electron chi connectivity index (χ4n) is 3.63. The van der Waals surface area contributed by atoms with Gasteiger partial charge in [-0.15, -0.1) is 11.8 Å². The van der Waals surface area contributed by atoms with Crippen LogP contribution in [0.5, 0.6) is 0 Å². The molecule has 4 nitrogen and oxygen atoms in total. The van der Waals surface area contributed by atoms with E-state index in [4.69, 9.17) is 11.6 Å². The first kappa shape index (κ1) is 25.9. The zero-order chi connectivity index (χ0) is 24.3. The molecule has 2 amide bonds. The summed E-state index contributed by atoms with van der Waals surface area (Å²) in [5.41, 5.74) is 3.11. The summed E-state index contributed by atoms with van der Waals surface area (Å²) in [6.45, 7) is 4.20. The molecule has 178 valence electrons. The van der Waals surface area contributed by atoms with Gasteiger partial charge in [0.25, 0.3) is 0 Å². The average molecular weight is 495 g/mol. The zero-order valence-electron chi connectivity index (χ0n) is 19.6. The van der Waals surface area contributed by atoms with Gasteiger partial charge >= 0.3 is 0 Å². The molecule has 0 radical (unpaired) electrons. The number of amides is 2. The first-order valence-corrected chi connectivity index (χ1v) is 13.0. The molecule has 0 spiro atoms. The summed E-state index contributed by atoms with van der Waals surface area (Å²) < 4.78 is 0. The van der Waals surface area contributed by atoms with Crippen LogP contribution in [0.15, 0.2) is 84.9 Å². The minimum atomic E-state index is -0.620. The van der Waals surface area contributed by atoms with Crippen molar-refractivity contribution < 1.29 is 9.59 Å². The maximum Gasteiger partial charge on any atom is 0.243 e. The number of hydrogen-bond acceptors (Lipinski definition) is 3. The van der Waals surface area contributed by atoms with Crippen LogP contribution < -0.4 is 5.32 Å². The van der Waals surface area contributed by atoms with Gasteiger partial charge < -0.3 is 10.2 Å². The van der Waals surface area contributed by atoms with E-state index in [-0.39, 0.29) is 17.9 Å². The lowest BCUT2D eigenvalue weighted by Crippen LogP contribution is -2.52. The minimum Gasteiger partial charge on any atom is -0.352 e. The van der Waals surface area contributed by atoms with E-state index < -0.39 is 6.04 Å². The number of hydrogen-bond donors (Lipinski definition) is 1. The summed E-state index contributed by atoms with van der Waals surface area (Å²) in [5.74, 6) is 0.830. The van der Waals surface area contributed by atoms with Crippen LogP contribution in [0.25, 0.3) is 0 Å². The summed E-state index contributed by atoms with van der Waals surface area (Å²) >= 11 is 7.63. The Morgan fingerprint density at radius 2 is 1.44 bits per heavy atom. The Morgan fingerprint density at radius 1 is 0.853 bits per heavy atom. The van der Waals surface area contributed by atoms with Crippen LogP contribution in [0.4, 0.5) is 0 Å². The van der Waals surface area contributed by atoms with Crippen LogP contribution >= 0.6 is 23.4 Å². The lowest BCUT2D eigenvalue weighted by molar-refractivity contribution is -0.139. The van der Waals surface area contributed by atoms with Crippen LogP contribution in [0, 0.1) is 0 Å². The number of carbonyl (C=O) groups excluding carboxylic acids is 2. The third-order valence-electron chi connectivity index (χ3n) is 5.31. The van der Waals surface area contributed by atoms with Crippen molar-refractivity contribution in [3.63, 3.8) is 0 Å². The summed E-state index contributed by atoms with van der Waals surface area (Å²) in [5, 5.41) is 3.65. The molecule has 3 aromatic rings. The number of halogens is 1. The largest absolute Gasteiger partial charge is 0.352 e. The lowest BCUT2D eigenvalue weighted by atomic mass is 10.0. The Balaban J connectivity index is 1.84. The number of rotatable bonds is 11. The molecule has 0 heterocycles. The minimum absolute atomic E-state index is 0.0225. The van der Waals surface area contributed by atoms with E-state index in [1.165, 1.54) is 5.56 Å². The molecule has 0 aliphatic rings. The predicted octanol–water partition coefficient (Wildman–Crippen LogP) is 5.74. The van der Waals surface area contributed by atoms with Crippen LogP contribution in [0.1, 0.15) is 30.5 Å². The van der Waals surface area contributed by atoms with Gasteiger partial charge in [-0.3, -0.25) is 9.59 Å². The van der Waals surface area contributed by atoms with Crippen molar-refractivity contribution in [1.82, 2.24) is 10.2 Å². The second-order valence-corrected chi connectivity index (χ2v) is 9.92. The third kappa shape index (κ3) is 8.23. The highest BCUT2D eigenvalue weighted by atomic mass is 35.5. The molecule has 0 aliphatic carbocycles. The second-order valence-electron chi connectivity index (χ2n) is 8.50. The molecule has 34 heavy (non-hydrogen) atoms. The number of nitrogens with one attached hydrogen (secondary N) is 1. The van der Waals surface area contributed by atoms with E-state index in [2.05, 4.69) is 17.4 Å². The number of benzene rings is 3. The fourth-order valence-corrected chi connectivity index (χ4v) is 4.63. The fraction of sp³-hybridized carbons (Fsp3) is 0.286. The lowest BCUT2D eigenvalue weighted by Gasteiger charge is -2.32. The zero-order valence-corrected chi connectivity index (χ0v) is 21.2. The Morgan fingerprint density at radius 3 is 2.03 bits per heavy atom. The Bertz CT molecular complexity index is 1040. The van der Waals surface area contributed by atoms with Gasteiger partial charge in [0, 0.05) is 29.8 Å². The number of carbonyl (C=O) groups is 2. The van der Waals surface area contributed by atoms with Gasteiger partial charge in [0.05, 0.1) is 5.75 Å². The molecule has 6 heteroatoms. The average Bonchev–Trinajstić information content (AvgIpc) is 2.83. The highest BCUT2D eigenvalue weighted by Gasteiger charge is 2.30. The van der Waals surface area contributed by atoms with E-state index in [1.807, 2.05) is 86.6 Å². The Labute approximate surface area is 211 Å². The quantitative estimate of drug-likeness (QED) is 0.370. The topological polar surface area (TPSA) is 49.4 Å². The van der Waals surface area contributed by atoms with Gasteiger partial charge in [0.15, 0.2) is 0 Å². The van der Waals surface area contributed by atoms with Crippen molar-refractivity contribution in [2.24, 2.45) is 0 Å². The third-order valence-corrected chi connectivity index (χ3v) is 6.55. The molecule has 3 aromatic carbocycles. The van der Waals surface area contributed by atoms with E-state index in [9.17, 15) is 9.59 Å². The molecule has 0 aliphatic heterocycles. The summed E-state index contributed by atoms with van der Waals surface area (Å²) in [7, 11) is 0.